The molecule has 0 saturated carbocycles. The van der Waals surface area contributed by atoms with Gasteiger partial charge in [-0.3, -0.25) is 0 Å². The molecule has 0 amide bonds. The van der Waals surface area contributed by atoms with E-state index in [1.807, 2.05) is 18.2 Å². The summed E-state index contributed by atoms with van der Waals surface area (Å²) in [5.74, 6) is 0. The Bertz CT molecular complexity index is 2480. The summed E-state index contributed by atoms with van der Waals surface area (Å²) in [7, 11) is 0. The lowest BCUT2D eigenvalue weighted by molar-refractivity contribution is 1.18. The maximum absolute atomic E-state index is 2.34. The van der Waals surface area contributed by atoms with Crippen LogP contribution in [0.4, 0.5) is 0 Å². The van der Waals surface area contributed by atoms with Gasteiger partial charge in [-0.1, -0.05) is 157 Å². The van der Waals surface area contributed by atoms with Gasteiger partial charge in [-0.05, 0) is 114 Å². The highest BCUT2D eigenvalue weighted by Crippen LogP contribution is 2.35. The monoisotopic (exact) mass is 657 g/mol. The van der Waals surface area contributed by atoms with Crippen molar-refractivity contribution in [1.82, 2.24) is 4.57 Å². The Morgan fingerprint density at radius 3 is 1.47 bits per heavy atom. The van der Waals surface area contributed by atoms with Crippen LogP contribution in [0, 0.1) is 27.7 Å². The first-order valence-electron chi connectivity index (χ1n) is 17.7. The van der Waals surface area contributed by atoms with Crippen molar-refractivity contribution in [2.45, 2.75) is 27.7 Å². The minimum absolute atomic E-state index is 1.21. The van der Waals surface area contributed by atoms with Crippen molar-refractivity contribution in [2.75, 3.05) is 0 Å². The van der Waals surface area contributed by atoms with Crippen molar-refractivity contribution in [3.05, 3.63) is 210 Å². The van der Waals surface area contributed by atoms with Gasteiger partial charge in [0.15, 0.2) is 0 Å². The molecule has 1 aromatic heterocycles. The van der Waals surface area contributed by atoms with E-state index in [1.165, 1.54) is 82.8 Å². The normalized spacial score (nSPS) is 10.7. The van der Waals surface area contributed by atoms with E-state index < -0.39 is 0 Å². The molecule has 0 saturated heterocycles. The van der Waals surface area contributed by atoms with E-state index in [0.29, 0.717) is 0 Å². The zero-order chi connectivity index (χ0) is 35.2. The number of benzene rings is 8. The first kappa shape index (κ1) is 33.3. The lowest BCUT2D eigenvalue weighted by atomic mass is 9.90. The quantitative estimate of drug-likeness (QED) is 0.178. The van der Waals surface area contributed by atoms with Crippen LogP contribution < -0.4 is 0 Å². The topological polar surface area (TPSA) is 4.93 Å². The summed E-state index contributed by atoms with van der Waals surface area (Å²) in [4.78, 5) is 0. The fourth-order valence-electron chi connectivity index (χ4n) is 6.99. The molecule has 0 unspecified atom stereocenters. The van der Waals surface area contributed by atoms with Crippen molar-refractivity contribution in [1.29, 1.82) is 0 Å². The van der Waals surface area contributed by atoms with Crippen LogP contribution in [-0.4, -0.2) is 4.57 Å². The fourth-order valence-corrected chi connectivity index (χ4v) is 6.99. The Hall–Kier alpha value is -6.18. The van der Waals surface area contributed by atoms with Gasteiger partial charge >= 0.3 is 0 Å². The summed E-state index contributed by atoms with van der Waals surface area (Å²) in [5, 5.41) is 5.19. The minimum atomic E-state index is 1.21. The number of fused-ring (bicyclic) bond motifs is 4. The number of hydrogen-bond acceptors (Lipinski definition) is 0. The van der Waals surface area contributed by atoms with Crippen LogP contribution in [-0.2, 0) is 0 Å². The van der Waals surface area contributed by atoms with Crippen LogP contribution in [0.15, 0.2) is 188 Å². The molecule has 1 heterocycles. The summed E-state index contributed by atoms with van der Waals surface area (Å²) < 4.78 is 2.32. The molecule has 0 aliphatic heterocycles. The first-order valence-corrected chi connectivity index (χ1v) is 17.7. The Kier molecular flexibility index (Phi) is 9.90. The van der Waals surface area contributed by atoms with E-state index in [-0.39, 0.29) is 0 Å². The zero-order valence-electron chi connectivity index (χ0n) is 29.8. The van der Waals surface area contributed by atoms with Gasteiger partial charge in [-0.15, -0.1) is 0 Å². The van der Waals surface area contributed by atoms with Crippen molar-refractivity contribution in [3.8, 4) is 27.9 Å². The van der Waals surface area contributed by atoms with Crippen LogP contribution in [0.25, 0.3) is 60.5 Å². The molecule has 0 atom stereocenters. The molecule has 0 aliphatic rings. The molecular formula is C50H43N. The van der Waals surface area contributed by atoms with Crippen LogP contribution in [0.5, 0.6) is 0 Å². The average Bonchev–Trinajstić information content (AvgIpc) is 3.51. The zero-order valence-corrected chi connectivity index (χ0v) is 29.8. The molecule has 51 heavy (non-hydrogen) atoms. The molecule has 248 valence electrons. The second-order valence-corrected chi connectivity index (χ2v) is 13.2. The third-order valence-electron chi connectivity index (χ3n) is 9.61. The third-order valence-corrected chi connectivity index (χ3v) is 9.61. The van der Waals surface area contributed by atoms with Crippen LogP contribution in [0.3, 0.4) is 0 Å². The summed E-state index contributed by atoms with van der Waals surface area (Å²) in [5.41, 5.74) is 14.3. The van der Waals surface area contributed by atoms with E-state index in [2.05, 4.69) is 202 Å². The molecule has 0 aliphatic carbocycles. The first-order chi connectivity index (χ1) is 25.0. The molecule has 0 N–H and O–H groups in total. The van der Waals surface area contributed by atoms with Crippen LogP contribution >= 0.6 is 0 Å². The van der Waals surface area contributed by atoms with Gasteiger partial charge in [-0.25, -0.2) is 0 Å². The van der Waals surface area contributed by atoms with E-state index in [1.54, 1.807) is 0 Å². The standard InChI is InChI=1S/C25H22.C18H13N.C7H8/c1-17-11-12-23(16-24(17)25-18(2)7-6-8-19(25)3)22-14-13-20-9-4-5-10-21(20)15-22;1-2-8-14(9-3-1)19-17-12-6-4-10-15(17)16-11-5-7-13-18(16)19;1-7-5-3-2-4-6-7/h4-16H,1-3H3;1-13H;2-6H,1H3. The Morgan fingerprint density at radius 2 is 0.863 bits per heavy atom. The van der Waals surface area contributed by atoms with Gasteiger partial charge in [0.05, 0.1) is 11.0 Å². The smallest absolute Gasteiger partial charge is 0.0541 e. The average molecular weight is 658 g/mol. The van der Waals surface area contributed by atoms with Gasteiger partial charge in [0, 0.05) is 16.5 Å². The molecular weight excluding hydrogens is 615 g/mol. The molecule has 1 heteroatoms. The summed E-state index contributed by atoms with van der Waals surface area (Å²) >= 11 is 0. The molecule has 8 aromatic carbocycles. The molecule has 0 fully saturated rings. The SMILES string of the molecule is Cc1ccc(-c2ccc3ccccc3c2)cc1-c1c(C)cccc1C.Cc1ccccc1.c1ccc(-n2c3ccccc3c3ccccc32)cc1. The van der Waals surface area contributed by atoms with Crippen molar-refractivity contribution >= 4 is 32.6 Å². The number of aryl methyl sites for hydroxylation is 4. The molecule has 1 nitrogen and oxygen atoms in total. The van der Waals surface area contributed by atoms with Crippen LogP contribution in [0.2, 0.25) is 0 Å². The fraction of sp³-hybridized carbons (Fsp3) is 0.0800. The number of hydrogen-bond donors (Lipinski definition) is 0. The predicted molar refractivity (Wildman–Crippen MR) is 221 cm³/mol. The third kappa shape index (κ3) is 7.25. The molecule has 0 spiro atoms. The second-order valence-electron chi connectivity index (χ2n) is 13.2. The lowest BCUT2D eigenvalue weighted by Gasteiger charge is -2.15. The van der Waals surface area contributed by atoms with E-state index in [4.69, 9.17) is 0 Å². The highest BCUT2D eigenvalue weighted by atomic mass is 15.0. The highest BCUT2D eigenvalue weighted by molar-refractivity contribution is 6.09. The molecule has 9 rings (SSSR count). The Morgan fingerprint density at radius 1 is 0.353 bits per heavy atom. The van der Waals surface area contributed by atoms with Gasteiger partial charge < -0.3 is 4.57 Å². The Labute approximate surface area is 302 Å². The second kappa shape index (κ2) is 15.2. The lowest BCUT2D eigenvalue weighted by Crippen LogP contribution is -1.92. The minimum Gasteiger partial charge on any atom is -0.309 e. The molecule has 9 aromatic rings. The summed E-state index contributed by atoms with van der Waals surface area (Å²) in [6.45, 7) is 8.68. The Balaban J connectivity index is 0.000000137. The van der Waals surface area contributed by atoms with Crippen LogP contribution in [0.1, 0.15) is 22.3 Å². The van der Waals surface area contributed by atoms with Crippen molar-refractivity contribution in [2.24, 2.45) is 0 Å². The number of aromatic nitrogens is 1. The van der Waals surface area contributed by atoms with Gasteiger partial charge in [0.2, 0.25) is 0 Å². The molecule has 0 bridgehead atoms. The van der Waals surface area contributed by atoms with Crippen molar-refractivity contribution in [3.63, 3.8) is 0 Å². The number of rotatable bonds is 3. The predicted octanol–water partition coefficient (Wildman–Crippen LogP) is 13.9. The van der Waals surface area contributed by atoms with E-state index in [0.717, 1.165) is 0 Å². The largest absolute Gasteiger partial charge is 0.309 e. The van der Waals surface area contributed by atoms with E-state index >= 15 is 0 Å². The maximum Gasteiger partial charge on any atom is 0.0541 e. The summed E-state index contributed by atoms with van der Waals surface area (Å²) in [6.07, 6.45) is 0. The van der Waals surface area contributed by atoms with Gasteiger partial charge in [0.1, 0.15) is 0 Å². The highest BCUT2D eigenvalue weighted by Gasteiger charge is 2.11. The summed E-state index contributed by atoms with van der Waals surface area (Å²) in [6, 6.07) is 66.5. The van der Waals surface area contributed by atoms with Gasteiger partial charge in [-0.2, -0.15) is 0 Å². The van der Waals surface area contributed by atoms with Crippen molar-refractivity contribution < 1.29 is 0 Å². The molecule has 0 radical (unpaired) electrons. The van der Waals surface area contributed by atoms with E-state index in [9.17, 15) is 0 Å². The maximum atomic E-state index is 2.34. The van der Waals surface area contributed by atoms with Gasteiger partial charge in [0.25, 0.3) is 0 Å². The number of para-hydroxylation sites is 3. The number of nitrogens with zero attached hydrogens (tertiary/aromatic N) is 1.